The van der Waals surface area contributed by atoms with Crippen LogP contribution in [0.15, 0.2) is 24.3 Å². The van der Waals surface area contributed by atoms with Crippen LogP contribution in [-0.2, 0) is 27.9 Å². The Kier molecular flexibility index (Phi) is 13.9. The molecule has 0 aliphatic rings. The predicted molar refractivity (Wildman–Crippen MR) is 182 cm³/mol. The molecular weight excluding hydrogens is 940 g/mol. The van der Waals surface area contributed by atoms with Gasteiger partial charge in [-0.05, 0) is 22.3 Å². The molecule has 0 saturated carbocycles. The minimum absolute atomic E-state index is 0. The van der Waals surface area contributed by atoms with E-state index in [1.807, 2.05) is 0 Å². The number of hydrogen-bond acceptors (Lipinski definition) is 0. The Labute approximate surface area is 353 Å². The van der Waals surface area contributed by atoms with Crippen molar-refractivity contribution in [3.8, 4) is 44.5 Å². The molecule has 0 aliphatic carbocycles. The molecule has 6 rings (SSSR count). The van der Waals surface area contributed by atoms with Crippen LogP contribution in [0.5, 0.6) is 0 Å². The molecule has 0 fully saturated rings. The number of rotatable bonds is 4. The summed E-state index contributed by atoms with van der Waals surface area (Å²) in [5.74, 6) is -47.2. The Morgan fingerprint density at radius 3 is 0.460 bits per heavy atom. The Morgan fingerprint density at radius 2 is 0.349 bits per heavy atom. The van der Waals surface area contributed by atoms with Crippen molar-refractivity contribution < 1.29 is 105 Å². The normalized spacial score (nSPS) is 11.8. The van der Waals surface area contributed by atoms with E-state index < -0.39 is 172 Å². The van der Waals surface area contributed by atoms with Crippen molar-refractivity contribution in [1.29, 1.82) is 0 Å². The van der Waals surface area contributed by atoms with Crippen LogP contribution in [0.4, 0.5) is 87.8 Å². The molecule has 0 spiro atoms. The van der Waals surface area contributed by atoms with Gasteiger partial charge in [0.1, 0.15) is 0 Å². The van der Waals surface area contributed by atoms with Gasteiger partial charge in [0.05, 0.1) is 0 Å². The predicted octanol–water partition coefficient (Wildman–Crippen LogP) is 14.9. The molecule has 0 amide bonds. The van der Waals surface area contributed by atoms with Crippen LogP contribution < -0.4 is 0 Å². The summed E-state index contributed by atoms with van der Waals surface area (Å²) in [5, 5.41) is 0. The number of halogens is 20. The van der Waals surface area contributed by atoms with Gasteiger partial charge < -0.3 is 0 Å². The summed E-state index contributed by atoms with van der Waals surface area (Å²) in [6, 6.07) is 3.47. The maximum absolute atomic E-state index is 14.4. The van der Waals surface area contributed by atoms with E-state index in [9.17, 15) is 87.8 Å². The average Bonchev–Trinajstić information content (AvgIpc) is 3.84. The summed E-state index contributed by atoms with van der Waals surface area (Å²) in [4.78, 5) is 0. The van der Waals surface area contributed by atoms with Crippen molar-refractivity contribution in [1.82, 2.24) is 0 Å². The van der Waals surface area contributed by atoms with Gasteiger partial charge in [0.25, 0.3) is 0 Å². The van der Waals surface area contributed by atoms with E-state index in [0.717, 1.165) is 24.3 Å². The molecule has 340 valence electrons. The summed E-state index contributed by atoms with van der Waals surface area (Å²) in [6.45, 7) is 9.21. The fraction of sp³-hybridized carbons (Fsp3) is 0.190. The zero-order valence-electron chi connectivity index (χ0n) is 32.2. The topological polar surface area (TPSA) is 0 Å². The van der Waals surface area contributed by atoms with Gasteiger partial charge in [-0.2, -0.15) is 57.6 Å². The van der Waals surface area contributed by atoms with Crippen molar-refractivity contribution in [2.45, 2.75) is 52.4 Å². The van der Waals surface area contributed by atoms with Gasteiger partial charge in [-0.3, -0.25) is 0 Å². The zero-order chi connectivity index (χ0) is 47.1. The van der Waals surface area contributed by atoms with E-state index in [-0.39, 0.29) is 28.2 Å². The summed E-state index contributed by atoms with van der Waals surface area (Å²) >= 11 is 0. The van der Waals surface area contributed by atoms with Gasteiger partial charge in [0.2, 0.25) is 0 Å². The standard InChI is InChI=1S/2C21H11F10.Fe/c2*1-21(2,3)6-4-7(9-11(22)15(26)19(30)16(27)12(9)23)8(5-6)10-13(24)17(28)20(31)18(29)14(10)25;/h2*4-5H,1-3H3;/q2*-1;. The first-order valence-electron chi connectivity index (χ1n) is 17.1. The van der Waals surface area contributed by atoms with Crippen molar-refractivity contribution in [2.24, 2.45) is 0 Å². The number of hydrogen-bond donors (Lipinski definition) is 0. The van der Waals surface area contributed by atoms with Gasteiger partial charge in [0, 0.05) is 17.1 Å². The fourth-order valence-electron chi connectivity index (χ4n) is 6.08. The van der Waals surface area contributed by atoms with Gasteiger partial charge in [-0.1, -0.05) is 52.4 Å². The first kappa shape index (κ1) is 50.3. The maximum atomic E-state index is 14.4. The molecule has 63 heavy (non-hydrogen) atoms. The molecule has 6 aromatic rings. The molecule has 0 saturated heterocycles. The van der Waals surface area contributed by atoms with Crippen LogP contribution in [0.2, 0.25) is 0 Å². The molecule has 0 heterocycles. The molecule has 0 N–H and O–H groups in total. The summed E-state index contributed by atoms with van der Waals surface area (Å²) in [5.41, 5.74) is -11.6. The van der Waals surface area contributed by atoms with Gasteiger partial charge in [0.15, 0.2) is 116 Å². The zero-order valence-corrected chi connectivity index (χ0v) is 33.3. The molecule has 0 bridgehead atoms. The van der Waals surface area contributed by atoms with E-state index in [4.69, 9.17) is 0 Å². The average molecular weight is 962 g/mol. The number of benzene rings is 4. The van der Waals surface area contributed by atoms with Crippen LogP contribution in [0, 0.1) is 116 Å². The Balaban J connectivity index is 0.000000272. The summed E-state index contributed by atoms with van der Waals surface area (Å²) < 4.78 is 279. The molecule has 0 unspecified atom stereocenters. The quantitative estimate of drug-likeness (QED) is 0.0543. The van der Waals surface area contributed by atoms with E-state index in [1.165, 1.54) is 41.5 Å². The molecule has 0 radical (unpaired) electrons. The van der Waals surface area contributed by atoms with E-state index in [2.05, 4.69) is 0 Å². The second kappa shape index (κ2) is 17.3. The largest absolute Gasteiger partial charge is 0.204 e. The van der Waals surface area contributed by atoms with E-state index >= 15 is 0 Å². The molecular formula is C42H22F20Fe-2. The van der Waals surface area contributed by atoms with Gasteiger partial charge in [-0.15, -0.1) is 0 Å². The Hall–Kier alpha value is -5.30. The van der Waals surface area contributed by atoms with Crippen molar-refractivity contribution in [3.05, 3.63) is 152 Å². The third-order valence-electron chi connectivity index (χ3n) is 9.43. The van der Waals surface area contributed by atoms with Crippen molar-refractivity contribution in [3.63, 3.8) is 0 Å². The molecule has 0 aliphatic heterocycles. The smallest absolute Gasteiger partial charge is 0.200 e. The summed E-state index contributed by atoms with van der Waals surface area (Å²) in [6.07, 6.45) is 0. The van der Waals surface area contributed by atoms with Gasteiger partial charge in [-0.25, -0.2) is 87.8 Å². The van der Waals surface area contributed by atoms with Crippen molar-refractivity contribution in [2.75, 3.05) is 0 Å². The molecule has 0 nitrogen and oxygen atoms in total. The monoisotopic (exact) mass is 962 g/mol. The SMILES string of the molecule is CC(C)(C)[c-]1cc(-c2c(F)c(F)c(F)c(F)c2F)c(-c2c(F)c(F)c(F)c(F)c2F)c1.CC(C)(C)[c-]1cc(-c2c(F)c(F)c(F)c(F)c2F)c(-c2c(F)c(F)c(F)c(F)c2F)c1.[Fe]. The van der Waals surface area contributed by atoms with Crippen molar-refractivity contribution >= 4 is 0 Å². The summed E-state index contributed by atoms with van der Waals surface area (Å²) in [7, 11) is 0. The van der Waals surface area contributed by atoms with Crippen LogP contribution in [-0.4, -0.2) is 0 Å². The fourth-order valence-corrected chi connectivity index (χ4v) is 6.08. The minimum Gasteiger partial charge on any atom is -0.204 e. The second-order valence-corrected chi connectivity index (χ2v) is 15.4. The van der Waals surface area contributed by atoms with E-state index in [1.54, 1.807) is 0 Å². The van der Waals surface area contributed by atoms with Crippen LogP contribution >= 0.6 is 0 Å². The second-order valence-electron chi connectivity index (χ2n) is 15.4. The Bertz CT molecular complexity index is 2340. The third-order valence-corrected chi connectivity index (χ3v) is 9.43. The van der Waals surface area contributed by atoms with Gasteiger partial charge >= 0.3 is 0 Å². The molecule has 21 heteroatoms. The maximum Gasteiger partial charge on any atom is 0.200 e. The first-order valence-corrected chi connectivity index (χ1v) is 17.1. The van der Waals surface area contributed by atoms with E-state index in [0.29, 0.717) is 0 Å². The molecule has 0 aromatic heterocycles. The molecule has 0 atom stereocenters. The van der Waals surface area contributed by atoms with Crippen LogP contribution in [0.3, 0.4) is 0 Å². The van der Waals surface area contributed by atoms with Crippen LogP contribution in [0.1, 0.15) is 52.7 Å². The first-order chi connectivity index (χ1) is 28.4. The minimum atomic E-state index is -2.47. The third kappa shape index (κ3) is 8.33. The van der Waals surface area contributed by atoms with Crippen LogP contribution in [0.25, 0.3) is 44.5 Å². The molecule has 6 aromatic carbocycles. The Morgan fingerprint density at radius 1 is 0.238 bits per heavy atom.